The Morgan fingerprint density at radius 1 is 0.609 bits per heavy atom. The molecular weight excluding hydrogens is 324 g/mol. The van der Waals surface area contributed by atoms with E-state index in [-0.39, 0.29) is 0 Å². The van der Waals surface area contributed by atoms with E-state index in [0.717, 1.165) is 18.5 Å². The Morgan fingerprint density at radius 3 is 1.13 bits per heavy atom. The Morgan fingerprint density at radius 2 is 0.913 bits per heavy atom. The minimum absolute atomic E-state index is 0.685. The minimum atomic E-state index is -2.26. The average molecular weight is 361 g/mol. The summed E-state index contributed by atoms with van der Waals surface area (Å²) < 4.78 is 24.2. The maximum Gasteiger partial charge on any atom is 0.364 e. The predicted octanol–water partition coefficient (Wildman–Crippen LogP) is 4.64. The second-order valence-corrected chi connectivity index (χ2v) is 11.3. The van der Waals surface area contributed by atoms with Gasteiger partial charge in [-0.25, -0.2) is 0 Å². The Bertz CT molecular complexity index is 301. The molecule has 0 saturated heterocycles. The molecule has 0 N–H and O–H groups in total. The van der Waals surface area contributed by atoms with Crippen LogP contribution in [0.3, 0.4) is 0 Å². The molecule has 0 bridgehead atoms. The number of rotatable bonds is 14. The van der Waals surface area contributed by atoms with E-state index in [4.69, 9.17) is 17.7 Å². The van der Waals surface area contributed by atoms with Crippen LogP contribution >= 0.6 is 0 Å². The van der Waals surface area contributed by atoms with Crippen molar-refractivity contribution in [3.8, 4) is 0 Å². The molecule has 0 aromatic carbocycles. The third kappa shape index (κ3) is 8.42. The maximum absolute atomic E-state index is 6.05. The molecule has 0 heterocycles. The fraction of sp³-hybridized carbons (Fsp3) is 0.765. The number of hydrogen-bond acceptors (Lipinski definition) is 4. The molecule has 0 amide bonds. The van der Waals surface area contributed by atoms with Gasteiger partial charge in [0, 0.05) is 26.4 Å². The summed E-state index contributed by atoms with van der Waals surface area (Å²) in [5.41, 5.74) is 4.31. The van der Waals surface area contributed by atoms with Crippen molar-refractivity contribution in [3.05, 3.63) is 23.6 Å². The zero-order valence-electron chi connectivity index (χ0n) is 15.9. The highest BCUT2D eigenvalue weighted by atomic mass is 28.4. The molecule has 0 radical (unpaired) electrons. The summed E-state index contributed by atoms with van der Waals surface area (Å²) in [5, 5.41) is 0. The van der Waals surface area contributed by atoms with Crippen molar-refractivity contribution in [2.75, 3.05) is 26.4 Å². The molecule has 0 aromatic heterocycles. The lowest BCUT2D eigenvalue weighted by atomic mass is 10.6. The van der Waals surface area contributed by atoms with Crippen molar-refractivity contribution in [1.82, 2.24) is 0 Å². The molecule has 0 unspecified atom stereocenters. The van der Waals surface area contributed by atoms with Gasteiger partial charge in [-0.2, -0.15) is 0 Å². The lowest BCUT2D eigenvalue weighted by Gasteiger charge is -2.30. The van der Waals surface area contributed by atoms with E-state index in [0.29, 0.717) is 26.4 Å². The Balaban J connectivity index is 4.97. The highest BCUT2D eigenvalue weighted by Gasteiger charge is 2.38. The molecule has 0 aromatic rings. The van der Waals surface area contributed by atoms with Gasteiger partial charge < -0.3 is 17.7 Å². The second-order valence-electron chi connectivity index (χ2n) is 5.21. The highest BCUT2D eigenvalue weighted by molar-refractivity contribution is 6.74. The van der Waals surface area contributed by atoms with Crippen molar-refractivity contribution < 1.29 is 17.7 Å². The molecule has 0 spiro atoms. The first-order valence-electron chi connectivity index (χ1n) is 8.91. The fourth-order valence-corrected chi connectivity index (χ4v) is 8.92. The van der Waals surface area contributed by atoms with Crippen LogP contribution in [0, 0.1) is 0 Å². The Kier molecular flexibility index (Phi) is 13.0. The Labute approximate surface area is 145 Å². The van der Waals surface area contributed by atoms with Crippen LogP contribution in [-0.4, -0.2) is 43.5 Å². The summed E-state index contributed by atoms with van der Waals surface area (Å²) >= 11 is 0. The average Bonchev–Trinajstić information content (AvgIpc) is 2.49. The van der Waals surface area contributed by atoms with Gasteiger partial charge in [-0.05, 0) is 71.5 Å². The van der Waals surface area contributed by atoms with Crippen LogP contribution in [0.1, 0.15) is 48.0 Å². The fourth-order valence-electron chi connectivity index (χ4n) is 2.80. The van der Waals surface area contributed by atoms with Crippen molar-refractivity contribution in [3.63, 3.8) is 0 Å². The molecule has 0 aliphatic rings. The van der Waals surface area contributed by atoms with E-state index < -0.39 is 17.1 Å². The normalized spacial score (nSPS) is 13.5. The van der Waals surface area contributed by atoms with Crippen molar-refractivity contribution in [2.45, 2.75) is 60.1 Å². The lowest BCUT2D eigenvalue weighted by Crippen LogP contribution is -2.43. The quantitative estimate of drug-likeness (QED) is 0.423. The topological polar surface area (TPSA) is 36.9 Å². The van der Waals surface area contributed by atoms with E-state index in [1.807, 2.05) is 41.5 Å². The molecular formula is C17H36O4Si2. The standard InChI is InChI=1S/C17H36O4Si2/c1-7-14-22(18-9-3,19-10-4)16-13-17-23(15-8-2,20-11-5)21-12-6/h7-8,14-15H,9-13,16-17H2,1-6H3. The number of allylic oxidation sites excluding steroid dienone is 2. The maximum atomic E-state index is 6.05. The minimum Gasteiger partial charge on any atom is -0.392 e. The van der Waals surface area contributed by atoms with Gasteiger partial charge in [-0.1, -0.05) is 12.2 Å². The van der Waals surface area contributed by atoms with Crippen molar-refractivity contribution in [2.24, 2.45) is 0 Å². The van der Waals surface area contributed by atoms with Crippen molar-refractivity contribution >= 4 is 17.1 Å². The summed E-state index contributed by atoms with van der Waals surface area (Å²) in [6, 6.07) is 1.87. The molecule has 0 rings (SSSR count). The van der Waals surface area contributed by atoms with E-state index in [2.05, 4.69) is 23.6 Å². The van der Waals surface area contributed by atoms with Crippen LogP contribution in [0.25, 0.3) is 0 Å². The Hall–Kier alpha value is -0.246. The van der Waals surface area contributed by atoms with Crippen LogP contribution in [0.5, 0.6) is 0 Å². The summed E-state index contributed by atoms with van der Waals surface area (Å²) in [4.78, 5) is 0. The molecule has 4 nitrogen and oxygen atoms in total. The highest BCUT2D eigenvalue weighted by Crippen LogP contribution is 2.25. The summed E-state index contributed by atoms with van der Waals surface area (Å²) in [7, 11) is -4.52. The summed E-state index contributed by atoms with van der Waals surface area (Å²) in [5.74, 6) is 0. The molecule has 0 saturated carbocycles. The van der Waals surface area contributed by atoms with Gasteiger partial charge in [0.25, 0.3) is 0 Å². The van der Waals surface area contributed by atoms with Gasteiger partial charge >= 0.3 is 17.1 Å². The third-order valence-electron chi connectivity index (χ3n) is 3.45. The zero-order valence-corrected chi connectivity index (χ0v) is 17.9. The molecule has 0 aliphatic heterocycles. The van der Waals surface area contributed by atoms with Gasteiger partial charge in [0.05, 0.1) is 0 Å². The van der Waals surface area contributed by atoms with Gasteiger partial charge in [-0.3, -0.25) is 0 Å². The second kappa shape index (κ2) is 13.1. The number of hydrogen-bond donors (Lipinski definition) is 0. The predicted molar refractivity (Wildman–Crippen MR) is 102 cm³/mol. The first-order valence-corrected chi connectivity index (χ1v) is 13.1. The first kappa shape index (κ1) is 22.8. The molecule has 23 heavy (non-hydrogen) atoms. The molecule has 0 fully saturated rings. The molecule has 0 atom stereocenters. The van der Waals surface area contributed by atoms with Crippen LogP contribution in [0.15, 0.2) is 23.6 Å². The van der Waals surface area contributed by atoms with Crippen LogP contribution < -0.4 is 0 Å². The largest absolute Gasteiger partial charge is 0.392 e. The molecule has 136 valence electrons. The summed E-state index contributed by atoms with van der Waals surface area (Å²) in [6.07, 6.45) is 5.10. The van der Waals surface area contributed by atoms with Gasteiger partial charge in [-0.15, -0.1) is 0 Å². The summed E-state index contributed by atoms with van der Waals surface area (Å²) in [6.45, 7) is 14.9. The molecule has 6 heteroatoms. The lowest BCUT2D eigenvalue weighted by molar-refractivity contribution is 0.188. The van der Waals surface area contributed by atoms with Crippen LogP contribution in [0.4, 0.5) is 0 Å². The van der Waals surface area contributed by atoms with Gasteiger partial charge in [0.1, 0.15) is 0 Å². The third-order valence-corrected chi connectivity index (χ3v) is 10.3. The van der Waals surface area contributed by atoms with E-state index in [1.165, 1.54) is 0 Å². The van der Waals surface area contributed by atoms with E-state index in [9.17, 15) is 0 Å². The van der Waals surface area contributed by atoms with Crippen LogP contribution in [-0.2, 0) is 17.7 Å². The molecule has 0 aliphatic carbocycles. The van der Waals surface area contributed by atoms with E-state index >= 15 is 0 Å². The SMILES string of the molecule is CC=C[Si](CCC[Si](C=CC)(OCC)OCC)(OCC)OCC. The van der Waals surface area contributed by atoms with Crippen LogP contribution in [0.2, 0.25) is 12.1 Å². The first-order chi connectivity index (χ1) is 11.1. The van der Waals surface area contributed by atoms with Gasteiger partial charge in [0.15, 0.2) is 0 Å². The van der Waals surface area contributed by atoms with E-state index in [1.54, 1.807) is 0 Å². The van der Waals surface area contributed by atoms with Gasteiger partial charge in [0.2, 0.25) is 0 Å². The monoisotopic (exact) mass is 360 g/mol. The smallest absolute Gasteiger partial charge is 0.364 e. The van der Waals surface area contributed by atoms with Crippen molar-refractivity contribution in [1.29, 1.82) is 0 Å². The zero-order chi connectivity index (χ0) is 17.6.